The number of benzene rings is 2. The Balaban J connectivity index is 0.00000225. The minimum absolute atomic E-state index is 0. The molecule has 28 heavy (non-hydrogen) atoms. The molecule has 0 unspecified atom stereocenters. The highest BCUT2D eigenvalue weighted by molar-refractivity contribution is 6.31. The number of anilines is 1. The van der Waals surface area contributed by atoms with Crippen molar-refractivity contribution in [1.82, 2.24) is 9.80 Å². The number of aryl methyl sites for hydroxylation is 1. The minimum Gasteiger partial charge on any atom is -0.387 e. The van der Waals surface area contributed by atoms with Crippen LogP contribution in [0.15, 0.2) is 42.5 Å². The Kier molecular flexibility index (Phi) is 6.23. The molecule has 2 aliphatic heterocycles. The molecule has 4 rings (SSSR count). The SMILES string of the molecule is CNc1ccc(Cl)cc1C(=O)N1C[C@@H]2CN(C)[C@@H](c3ccccc3C)[C@@H]2C1.Cl. The number of fused-ring (bicyclic) bond motifs is 1. The fourth-order valence-corrected chi connectivity index (χ4v) is 5.06. The van der Waals surface area contributed by atoms with E-state index < -0.39 is 0 Å². The van der Waals surface area contributed by atoms with Gasteiger partial charge in [0.2, 0.25) is 0 Å². The molecule has 0 aromatic heterocycles. The Hall–Kier alpha value is -1.75. The quantitative estimate of drug-likeness (QED) is 0.795. The predicted octanol–water partition coefficient (Wildman–Crippen LogP) is 4.49. The lowest BCUT2D eigenvalue weighted by Gasteiger charge is -2.28. The van der Waals surface area contributed by atoms with Crippen LogP contribution in [0, 0.1) is 18.8 Å². The molecule has 3 atom stereocenters. The molecule has 0 saturated carbocycles. The van der Waals surface area contributed by atoms with E-state index in [4.69, 9.17) is 11.6 Å². The van der Waals surface area contributed by atoms with Crippen LogP contribution in [0.2, 0.25) is 5.02 Å². The van der Waals surface area contributed by atoms with Gasteiger partial charge in [0.1, 0.15) is 0 Å². The van der Waals surface area contributed by atoms with Crippen molar-refractivity contribution in [3.8, 4) is 0 Å². The third-order valence-electron chi connectivity index (χ3n) is 6.17. The van der Waals surface area contributed by atoms with Gasteiger partial charge < -0.3 is 10.2 Å². The summed E-state index contributed by atoms with van der Waals surface area (Å²) in [7, 11) is 4.04. The van der Waals surface area contributed by atoms with Crippen molar-refractivity contribution in [2.45, 2.75) is 13.0 Å². The Bertz CT molecular complexity index is 873. The molecule has 2 aliphatic rings. The van der Waals surface area contributed by atoms with Crippen LogP contribution in [0.4, 0.5) is 5.69 Å². The van der Waals surface area contributed by atoms with Crippen LogP contribution in [0.1, 0.15) is 27.5 Å². The van der Waals surface area contributed by atoms with Crippen LogP contribution >= 0.6 is 24.0 Å². The molecule has 2 saturated heterocycles. The third-order valence-corrected chi connectivity index (χ3v) is 6.41. The van der Waals surface area contributed by atoms with Crippen molar-refractivity contribution < 1.29 is 4.79 Å². The van der Waals surface area contributed by atoms with Gasteiger partial charge in [-0.25, -0.2) is 0 Å². The Morgan fingerprint density at radius 1 is 1.14 bits per heavy atom. The number of hydrogen-bond acceptors (Lipinski definition) is 3. The van der Waals surface area contributed by atoms with Crippen LogP contribution in [0.3, 0.4) is 0 Å². The number of likely N-dealkylation sites (tertiary alicyclic amines) is 2. The van der Waals surface area contributed by atoms with E-state index in [0.717, 1.165) is 25.3 Å². The van der Waals surface area contributed by atoms with Gasteiger partial charge >= 0.3 is 0 Å². The van der Waals surface area contributed by atoms with Crippen molar-refractivity contribution in [2.24, 2.45) is 11.8 Å². The number of nitrogens with zero attached hydrogens (tertiary/aromatic N) is 2. The normalized spacial score (nSPS) is 24.0. The fourth-order valence-electron chi connectivity index (χ4n) is 4.89. The zero-order valence-electron chi connectivity index (χ0n) is 16.5. The average Bonchev–Trinajstić information content (AvgIpc) is 3.18. The molecular formula is C22H27Cl2N3O. The Morgan fingerprint density at radius 3 is 2.61 bits per heavy atom. The molecule has 2 aromatic rings. The molecule has 2 heterocycles. The summed E-state index contributed by atoms with van der Waals surface area (Å²) in [6, 6.07) is 14.5. The number of nitrogens with one attached hydrogen (secondary N) is 1. The van der Waals surface area contributed by atoms with E-state index in [1.807, 2.05) is 24.1 Å². The van der Waals surface area contributed by atoms with Gasteiger partial charge in [-0.15, -0.1) is 12.4 Å². The van der Waals surface area contributed by atoms with Gasteiger partial charge in [0.15, 0.2) is 0 Å². The fraction of sp³-hybridized carbons (Fsp3) is 0.409. The second kappa shape index (κ2) is 8.32. The van der Waals surface area contributed by atoms with Gasteiger partial charge in [-0.3, -0.25) is 9.69 Å². The van der Waals surface area contributed by atoms with Crippen molar-refractivity contribution >= 4 is 35.6 Å². The molecule has 2 fully saturated rings. The maximum Gasteiger partial charge on any atom is 0.256 e. The van der Waals surface area contributed by atoms with Crippen LogP contribution in [-0.2, 0) is 0 Å². The Labute approximate surface area is 178 Å². The highest BCUT2D eigenvalue weighted by Crippen LogP contribution is 2.45. The summed E-state index contributed by atoms with van der Waals surface area (Å²) in [5, 5.41) is 3.70. The van der Waals surface area contributed by atoms with Gasteiger partial charge in [-0.1, -0.05) is 35.9 Å². The predicted molar refractivity (Wildman–Crippen MR) is 118 cm³/mol. The summed E-state index contributed by atoms with van der Waals surface area (Å²) in [6.45, 7) is 4.82. The van der Waals surface area contributed by atoms with Crippen molar-refractivity contribution in [3.63, 3.8) is 0 Å². The van der Waals surface area contributed by atoms with Gasteiger partial charge in [0.05, 0.1) is 5.56 Å². The number of halogens is 2. The molecule has 0 aliphatic carbocycles. The van der Waals surface area contributed by atoms with Crippen LogP contribution in [0.5, 0.6) is 0 Å². The van der Waals surface area contributed by atoms with Gasteiger partial charge in [0, 0.05) is 49.4 Å². The van der Waals surface area contributed by atoms with Crippen LogP contribution in [0.25, 0.3) is 0 Å². The van der Waals surface area contributed by atoms with E-state index in [0.29, 0.717) is 28.5 Å². The first-order chi connectivity index (χ1) is 13.0. The van der Waals surface area contributed by atoms with Crippen molar-refractivity contribution in [1.29, 1.82) is 0 Å². The van der Waals surface area contributed by atoms with Crippen molar-refractivity contribution in [3.05, 3.63) is 64.2 Å². The number of hydrogen-bond donors (Lipinski definition) is 1. The van der Waals surface area contributed by atoms with E-state index >= 15 is 0 Å². The van der Waals surface area contributed by atoms with E-state index in [1.54, 1.807) is 6.07 Å². The summed E-state index contributed by atoms with van der Waals surface area (Å²) in [5.74, 6) is 1.06. The average molecular weight is 420 g/mol. The molecule has 4 nitrogen and oxygen atoms in total. The number of carbonyl (C=O) groups is 1. The highest BCUT2D eigenvalue weighted by Gasteiger charge is 2.47. The Morgan fingerprint density at radius 2 is 1.89 bits per heavy atom. The molecule has 0 bridgehead atoms. The van der Waals surface area contributed by atoms with Crippen LogP contribution < -0.4 is 5.32 Å². The largest absolute Gasteiger partial charge is 0.387 e. The summed E-state index contributed by atoms with van der Waals surface area (Å²) < 4.78 is 0. The molecule has 1 N–H and O–H groups in total. The molecule has 0 radical (unpaired) electrons. The maximum absolute atomic E-state index is 13.2. The molecule has 6 heteroatoms. The van der Waals surface area contributed by atoms with Gasteiger partial charge in [-0.05, 0) is 49.2 Å². The van der Waals surface area contributed by atoms with E-state index in [2.05, 4.69) is 48.5 Å². The van der Waals surface area contributed by atoms with Crippen molar-refractivity contribution in [2.75, 3.05) is 39.0 Å². The molecule has 150 valence electrons. The second-order valence-corrected chi connectivity index (χ2v) is 8.25. The maximum atomic E-state index is 13.2. The van der Waals surface area contributed by atoms with E-state index in [9.17, 15) is 4.79 Å². The number of rotatable bonds is 3. The molecule has 1 amide bonds. The number of carbonyl (C=O) groups excluding carboxylic acids is 1. The van der Waals surface area contributed by atoms with E-state index in [1.165, 1.54) is 11.1 Å². The minimum atomic E-state index is 0. The summed E-state index contributed by atoms with van der Waals surface area (Å²) >= 11 is 6.15. The highest BCUT2D eigenvalue weighted by atomic mass is 35.5. The lowest BCUT2D eigenvalue weighted by Crippen LogP contribution is -2.34. The third kappa shape index (κ3) is 3.61. The monoisotopic (exact) mass is 419 g/mol. The summed E-state index contributed by atoms with van der Waals surface area (Å²) in [5.41, 5.74) is 4.20. The zero-order chi connectivity index (χ0) is 19.1. The smallest absolute Gasteiger partial charge is 0.256 e. The molecular weight excluding hydrogens is 393 g/mol. The standard InChI is InChI=1S/C22H26ClN3O.ClH/c1-14-6-4-5-7-17(14)21-19-13-26(12-15(19)11-25(21)3)22(27)18-10-16(23)8-9-20(18)24-2;/h4-10,15,19,21,24H,11-13H2,1-3H3;1H/t15-,19+,21-;/m0./s1. The lowest BCUT2D eigenvalue weighted by molar-refractivity contribution is 0.0769. The second-order valence-electron chi connectivity index (χ2n) is 7.81. The number of amides is 1. The lowest BCUT2D eigenvalue weighted by atomic mass is 9.88. The first-order valence-electron chi connectivity index (χ1n) is 9.52. The van der Waals surface area contributed by atoms with Gasteiger partial charge in [0.25, 0.3) is 5.91 Å². The first kappa shape index (κ1) is 21.0. The van der Waals surface area contributed by atoms with E-state index in [-0.39, 0.29) is 18.3 Å². The topological polar surface area (TPSA) is 35.6 Å². The molecule has 0 spiro atoms. The first-order valence-corrected chi connectivity index (χ1v) is 9.89. The van der Waals surface area contributed by atoms with Gasteiger partial charge in [-0.2, -0.15) is 0 Å². The summed E-state index contributed by atoms with van der Waals surface area (Å²) in [6.07, 6.45) is 0. The summed E-state index contributed by atoms with van der Waals surface area (Å²) in [4.78, 5) is 17.7. The van der Waals surface area contributed by atoms with Crippen LogP contribution in [-0.4, -0.2) is 49.4 Å². The molecule has 2 aromatic carbocycles. The zero-order valence-corrected chi connectivity index (χ0v) is 18.1.